The quantitative estimate of drug-likeness (QED) is 0.611. The van der Waals surface area contributed by atoms with Crippen molar-refractivity contribution in [2.45, 2.75) is 39.4 Å². The maximum atomic E-state index is 13.3. The van der Waals surface area contributed by atoms with Gasteiger partial charge in [0, 0.05) is 18.8 Å². The fourth-order valence-electron chi connectivity index (χ4n) is 0.731. The molecule has 1 nitrogen and oxygen atoms in total. The average molecular weight is 159 g/mol. The van der Waals surface area contributed by atoms with Gasteiger partial charge in [-0.05, 0) is 27.7 Å². The molecule has 0 heterocycles. The van der Waals surface area contributed by atoms with Crippen LogP contribution in [0.1, 0.15) is 27.7 Å². The Kier molecular flexibility index (Phi) is 3.09. The Balaban J connectivity index is 4.26. The van der Waals surface area contributed by atoms with E-state index in [1.165, 1.54) is 13.8 Å². The monoisotopic (exact) mass is 159 g/mol. The first-order chi connectivity index (χ1) is 4.76. The van der Waals surface area contributed by atoms with Gasteiger partial charge < -0.3 is 4.90 Å². The molecule has 0 amide bonds. The van der Waals surface area contributed by atoms with Crippen molar-refractivity contribution in [2.75, 3.05) is 7.05 Å². The van der Waals surface area contributed by atoms with Crippen LogP contribution in [0.15, 0.2) is 12.3 Å². The number of hydrogen-bond donors (Lipinski definition) is 0. The number of hydrogen-bond acceptors (Lipinski definition) is 1. The molecule has 0 aromatic rings. The van der Waals surface area contributed by atoms with Crippen LogP contribution in [0.25, 0.3) is 0 Å². The summed E-state index contributed by atoms with van der Waals surface area (Å²) in [6.07, 6.45) is 0. The van der Waals surface area contributed by atoms with Crippen molar-refractivity contribution in [3.63, 3.8) is 0 Å². The van der Waals surface area contributed by atoms with E-state index < -0.39 is 5.67 Å². The summed E-state index contributed by atoms with van der Waals surface area (Å²) in [7, 11) is 1.86. The van der Waals surface area contributed by atoms with Crippen LogP contribution < -0.4 is 0 Å². The average Bonchev–Trinajstić information content (AvgIpc) is 1.82. The van der Waals surface area contributed by atoms with Gasteiger partial charge in [0.05, 0.1) is 0 Å². The lowest BCUT2D eigenvalue weighted by molar-refractivity contribution is 0.188. The maximum absolute atomic E-state index is 13.3. The molecule has 0 atom stereocenters. The molecule has 11 heavy (non-hydrogen) atoms. The molecular formula is C9H18FN. The summed E-state index contributed by atoms with van der Waals surface area (Å²) in [5.41, 5.74) is -0.772. The number of allylic oxidation sites excluding steroid dienone is 1. The van der Waals surface area contributed by atoms with E-state index in [-0.39, 0.29) is 0 Å². The van der Waals surface area contributed by atoms with Crippen molar-refractivity contribution >= 4 is 0 Å². The van der Waals surface area contributed by atoms with E-state index in [0.717, 1.165) is 0 Å². The fourth-order valence-corrected chi connectivity index (χ4v) is 0.731. The lowest BCUT2D eigenvalue weighted by Crippen LogP contribution is -2.34. The first kappa shape index (κ1) is 10.5. The highest BCUT2D eigenvalue weighted by Crippen LogP contribution is 2.22. The Hall–Kier alpha value is -0.530. The van der Waals surface area contributed by atoms with E-state index >= 15 is 0 Å². The van der Waals surface area contributed by atoms with Gasteiger partial charge >= 0.3 is 0 Å². The highest BCUT2D eigenvalue weighted by atomic mass is 19.1. The highest BCUT2D eigenvalue weighted by Gasteiger charge is 2.24. The first-order valence-corrected chi connectivity index (χ1v) is 3.88. The molecule has 0 rings (SSSR count). The van der Waals surface area contributed by atoms with Crippen LogP contribution in [-0.2, 0) is 0 Å². The molecule has 66 valence electrons. The summed E-state index contributed by atoms with van der Waals surface area (Å²) in [6.45, 7) is 10.8. The second-order valence-corrected chi connectivity index (χ2v) is 3.62. The Bertz CT molecular complexity index is 144. The summed E-state index contributed by atoms with van der Waals surface area (Å²) in [6, 6.07) is 0.303. The highest BCUT2D eigenvalue weighted by molar-refractivity contribution is 5.07. The van der Waals surface area contributed by atoms with Crippen molar-refractivity contribution in [1.29, 1.82) is 0 Å². The lowest BCUT2D eigenvalue weighted by Gasteiger charge is -2.31. The Morgan fingerprint density at radius 2 is 1.82 bits per heavy atom. The van der Waals surface area contributed by atoms with Gasteiger partial charge in [0.2, 0.25) is 0 Å². The predicted molar refractivity (Wildman–Crippen MR) is 47.2 cm³/mol. The molecule has 0 aliphatic carbocycles. The summed E-state index contributed by atoms with van der Waals surface area (Å²) in [5.74, 6) is 0. The van der Waals surface area contributed by atoms with E-state index in [4.69, 9.17) is 0 Å². The van der Waals surface area contributed by atoms with Crippen LogP contribution in [0.4, 0.5) is 4.39 Å². The van der Waals surface area contributed by atoms with Crippen LogP contribution in [0.2, 0.25) is 0 Å². The molecule has 0 aromatic carbocycles. The van der Waals surface area contributed by atoms with Crippen molar-refractivity contribution in [3.8, 4) is 0 Å². The molecule has 0 bridgehead atoms. The van der Waals surface area contributed by atoms with E-state index in [1.807, 2.05) is 25.8 Å². The number of halogens is 1. The van der Waals surface area contributed by atoms with Crippen molar-refractivity contribution in [3.05, 3.63) is 12.3 Å². The van der Waals surface area contributed by atoms with E-state index in [0.29, 0.717) is 11.7 Å². The van der Waals surface area contributed by atoms with Gasteiger partial charge in [-0.1, -0.05) is 6.58 Å². The van der Waals surface area contributed by atoms with Crippen LogP contribution in [0.3, 0.4) is 0 Å². The second kappa shape index (κ2) is 3.24. The smallest absolute Gasteiger partial charge is 0.144 e. The number of nitrogens with zero attached hydrogens (tertiary/aromatic N) is 1. The maximum Gasteiger partial charge on any atom is 0.144 e. The molecule has 0 saturated carbocycles. The largest absolute Gasteiger partial charge is 0.373 e. The third-order valence-electron chi connectivity index (χ3n) is 1.89. The van der Waals surface area contributed by atoms with Crippen LogP contribution in [-0.4, -0.2) is 23.7 Å². The zero-order valence-electron chi connectivity index (χ0n) is 8.11. The molecular weight excluding hydrogens is 141 g/mol. The van der Waals surface area contributed by atoms with Crippen LogP contribution in [0, 0.1) is 0 Å². The van der Waals surface area contributed by atoms with Gasteiger partial charge in [-0.3, -0.25) is 0 Å². The molecule has 0 unspecified atom stereocenters. The first-order valence-electron chi connectivity index (χ1n) is 3.88. The van der Waals surface area contributed by atoms with Crippen molar-refractivity contribution in [2.24, 2.45) is 0 Å². The predicted octanol–water partition coefficient (Wildman–Crippen LogP) is 2.59. The Morgan fingerprint density at radius 3 is 1.91 bits per heavy atom. The molecule has 0 fully saturated rings. The van der Waals surface area contributed by atoms with Crippen molar-refractivity contribution in [1.82, 2.24) is 4.90 Å². The molecule has 0 radical (unpaired) electrons. The van der Waals surface area contributed by atoms with Gasteiger partial charge in [0.1, 0.15) is 5.67 Å². The molecule has 0 saturated heterocycles. The van der Waals surface area contributed by atoms with Gasteiger partial charge in [0.15, 0.2) is 0 Å². The summed E-state index contributed by atoms with van der Waals surface area (Å²) in [4.78, 5) is 1.85. The summed E-state index contributed by atoms with van der Waals surface area (Å²) >= 11 is 0. The zero-order valence-corrected chi connectivity index (χ0v) is 8.11. The molecule has 0 aliphatic heterocycles. The minimum atomic E-state index is -1.31. The standard InChI is InChI=1S/C9H18FN/c1-7(2)11(6)8(3)9(4,5)10/h7H,3H2,1-2,4-6H3. The summed E-state index contributed by atoms with van der Waals surface area (Å²) < 4.78 is 13.3. The Morgan fingerprint density at radius 1 is 1.45 bits per heavy atom. The van der Waals surface area contributed by atoms with Crippen molar-refractivity contribution < 1.29 is 4.39 Å². The van der Waals surface area contributed by atoms with Gasteiger partial charge in [-0.25, -0.2) is 4.39 Å². The number of rotatable bonds is 3. The molecule has 0 N–H and O–H groups in total. The normalized spacial score (nSPS) is 11.9. The second-order valence-electron chi connectivity index (χ2n) is 3.62. The molecule has 0 spiro atoms. The van der Waals surface area contributed by atoms with Gasteiger partial charge in [-0.2, -0.15) is 0 Å². The zero-order chi connectivity index (χ0) is 9.23. The lowest BCUT2D eigenvalue weighted by atomic mass is 10.1. The topological polar surface area (TPSA) is 3.24 Å². The van der Waals surface area contributed by atoms with Crippen LogP contribution >= 0.6 is 0 Å². The Labute approximate surface area is 68.9 Å². The van der Waals surface area contributed by atoms with Gasteiger partial charge in [0.25, 0.3) is 0 Å². The minimum Gasteiger partial charge on any atom is -0.373 e. The van der Waals surface area contributed by atoms with Gasteiger partial charge in [-0.15, -0.1) is 0 Å². The van der Waals surface area contributed by atoms with E-state index in [1.54, 1.807) is 0 Å². The summed E-state index contributed by atoms with van der Waals surface area (Å²) in [5, 5.41) is 0. The molecule has 0 aliphatic rings. The SMILES string of the molecule is C=C(N(C)C(C)C)C(C)(C)F. The molecule has 2 heteroatoms. The fraction of sp³-hybridized carbons (Fsp3) is 0.778. The minimum absolute atomic E-state index is 0.303. The van der Waals surface area contributed by atoms with E-state index in [9.17, 15) is 4.39 Å². The van der Waals surface area contributed by atoms with E-state index in [2.05, 4.69) is 6.58 Å². The van der Waals surface area contributed by atoms with Crippen LogP contribution in [0.5, 0.6) is 0 Å². The third-order valence-corrected chi connectivity index (χ3v) is 1.89. The molecule has 0 aromatic heterocycles. The number of alkyl halides is 1. The third kappa shape index (κ3) is 2.91.